The van der Waals surface area contributed by atoms with Crippen LogP contribution in [0.25, 0.3) is 0 Å². The van der Waals surface area contributed by atoms with Crippen LogP contribution in [0.2, 0.25) is 0 Å². The molecule has 0 spiro atoms. The van der Waals surface area contributed by atoms with Gasteiger partial charge in [0, 0.05) is 11.8 Å². The third-order valence-electron chi connectivity index (χ3n) is 4.00. The summed E-state index contributed by atoms with van der Waals surface area (Å²) >= 11 is 11.7. The molecule has 3 N–H and O–H groups in total. The van der Waals surface area contributed by atoms with Crippen LogP contribution in [0.5, 0.6) is 0 Å². The van der Waals surface area contributed by atoms with E-state index in [0.717, 1.165) is 18.4 Å². The fourth-order valence-electron chi connectivity index (χ4n) is 2.68. The maximum atomic E-state index is 12.7. The van der Waals surface area contributed by atoms with Crippen molar-refractivity contribution in [3.63, 3.8) is 0 Å². The molecule has 14 nitrogen and oxygen atoms in total. The van der Waals surface area contributed by atoms with Gasteiger partial charge in [0.1, 0.15) is 30.6 Å². The van der Waals surface area contributed by atoms with Crippen LogP contribution >= 0.6 is 34.5 Å². The molecule has 19 heteroatoms. The van der Waals surface area contributed by atoms with E-state index in [-0.39, 0.29) is 70.7 Å². The average Bonchev–Trinajstić information content (AvgIpc) is 3.21. The Morgan fingerprint density at radius 3 is 2.59 bits per heavy atom. The number of anilines is 1. The van der Waals surface area contributed by atoms with Crippen molar-refractivity contribution in [2.45, 2.75) is 18.5 Å². The van der Waals surface area contributed by atoms with Crippen LogP contribution in [0.15, 0.2) is 10.5 Å². The number of thiazole rings is 1. The third kappa shape index (κ3) is 7.74. The maximum Gasteiger partial charge on any atom is 1.00 e. The molecule has 0 radical (unpaired) electrons. The monoisotopic (exact) mass is 569 g/mol. The molecule has 2 unspecified atom stereocenters. The topological polar surface area (TPSA) is 194 Å². The number of esters is 1. The molecule has 0 aromatic carbocycles. The van der Waals surface area contributed by atoms with E-state index in [4.69, 9.17) is 27.9 Å². The van der Waals surface area contributed by atoms with Gasteiger partial charge in [0.05, 0.1) is 12.6 Å². The first-order valence-electron chi connectivity index (χ1n) is 8.79. The van der Waals surface area contributed by atoms with Crippen LogP contribution in [0.1, 0.15) is 13.5 Å². The van der Waals surface area contributed by atoms with Crippen LogP contribution in [-0.2, 0) is 39.1 Å². The fraction of sp³-hybridized carbons (Fsp3) is 0.467. The van der Waals surface area contributed by atoms with Gasteiger partial charge in [0.25, 0.3) is 11.8 Å². The van der Waals surface area contributed by atoms with Gasteiger partial charge >= 0.3 is 45.8 Å². The normalized spacial score (nSPS) is 17.8. The van der Waals surface area contributed by atoms with Crippen molar-refractivity contribution in [1.29, 1.82) is 0 Å². The Bertz CT molecular complexity index is 1070. The molecule has 0 bridgehead atoms. The van der Waals surface area contributed by atoms with Crippen molar-refractivity contribution in [3.05, 3.63) is 11.1 Å². The second-order valence-electron chi connectivity index (χ2n) is 6.12. The second kappa shape index (κ2) is 13.5. The molecule has 0 aliphatic carbocycles. The quantitative estimate of drug-likeness (QED) is 0.0456. The number of carbonyl (C=O) groups is 4. The minimum absolute atomic E-state index is 0. The number of β-lactam (4-membered cyclic amide) rings is 1. The van der Waals surface area contributed by atoms with E-state index in [1.807, 2.05) is 0 Å². The molecule has 184 valence electrons. The molecule has 34 heavy (non-hydrogen) atoms. The largest absolute Gasteiger partial charge is 1.00 e. The zero-order valence-electron chi connectivity index (χ0n) is 18.7. The predicted molar refractivity (Wildman–Crippen MR) is 117 cm³/mol. The van der Waals surface area contributed by atoms with E-state index < -0.39 is 52.0 Å². The number of hydrogen-bond donors (Lipinski definition) is 3. The maximum absolute atomic E-state index is 12.7. The minimum atomic E-state index is -4.93. The molecule has 1 aliphatic rings. The van der Waals surface area contributed by atoms with Gasteiger partial charge in [0.15, 0.2) is 10.8 Å². The van der Waals surface area contributed by atoms with Gasteiger partial charge in [-0.2, -0.15) is 8.42 Å². The van der Waals surface area contributed by atoms with Gasteiger partial charge in [-0.3, -0.25) is 23.7 Å². The predicted octanol–water partition coefficient (Wildman–Crippen LogP) is -3.54. The number of amides is 3. The Morgan fingerprint density at radius 1 is 1.35 bits per heavy atom. The van der Waals surface area contributed by atoms with E-state index in [1.165, 1.54) is 5.38 Å². The number of nitrogens with zero attached hydrogens (tertiary/aromatic N) is 3. The van der Waals surface area contributed by atoms with Crippen molar-refractivity contribution in [3.8, 4) is 0 Å². The van der Waals surface area contributed by atoms with Crippen LogP contribution in [0.3, 0.4) is 0 Å². The number of alkyl halides is 2. The molecular formula is C15H18Cl2N5NaO9S2. The summed E-state index contributed by atoms with van der Waals surface area (Å²) in [6, 6.07) is -2.65. The van der Waals surface area contributed by atoms with E-state index >= 15 is 0 Å². The summed E-state index contributed by atoms with van der Waals surface area (Å²) in [5.74, 6) is -4.15. The summed E-state index contributed by atoms with van der Waals surface area (Å²) < 4.78 is 37.2. The number of rotatable bonds is 11. The standard InChI is InChI=1S/C15H17Cl2N5O9S2.Na.H/c1-30-21-11(7-6-32-15(18-7)19-9(23)4-16)13(25)20-12-8(2-3-31-10(24)5-17)22(14(12)26)33(27,28)29;;/h6,8,12H,2-5H2,1H3,(H,20,25)(H,18,19,23)(H,27,28,29);;/q;+1;-1/b21-11-;;. The molecule has 0 saturated carbocycles. The second-order valence-corrected chi connectivity index (χ2v) is 8.80. The Balaban J connectivity index is 0.00000578. The van der Waals surface area contributed by atoms with Crippen molar-refractivity contribution in [1.82, 2.24) is 14.6 Å². The number of carbonyl (C=O) groups excluding carboxylic acids is 4. The van der Waals surface area contributed by atoms with Gasteiger partial charge in [0.2, 0.25) is 5.91 Å². The average molecular weight is 570 g/mol. The van der Waals surface area contributed by atoms with E-state index in [0.29, 0.717) is 0 Å². The van der Waals surface area contributed by atoms with Gasteiger partial charge in [-0.15, -0.1) is 34.5 Å². The number of oxime groups is 1. The van der Waals surface area contributed by atoms with Gasteiger partial charge in [-0.05, 0) is 0 Å². The van der Waals surface area contributed by atoms with Crippen molar-refractivity contribution < 1.29 is 72.7 Å². The molecule has 2 heterocycles. The molecule has 1 fully saturated rings. The summed E-state index contributed by atoms with van der Waals surface area (Å²) in [6.07, 6.45) is -0.235. The molecule has 2 atom stereocenters. The van der Waals surface area contributed by atoms with Gasteiger partial charge in [-0.25, -0.2) is 9.29 Å². The smallest absolute Gasteiger partial charge is 1.00 e. The zero-order chi connectivity index (χ0) is 24.8. The number of ether oxygens (including phenoxy) is 1. The third-order valence-corrected chi connectivity index (χ3v) is 6.17. The molecule has 3 amide bonds. The minimum Gasteiger partial charge on any atom is -1.00 e. The van der Waals surface area contributed by atoms with Crippen LogP contribution in [-0.4, -0.2) is 89.2 Å². The van der Waals surface area contributed by atoms with E-state index in [9.17, 15) is 32.1 Å². The molecule has 1 aromatic heterocycles. The summed E-state index contributed by atoms with van der Waals surface area (Å²) in [7, 11) is -3.78. The summed E-state index contributed by atoms with van der Waals surface area (Å²) in [4.78, 5) is 56.2. The van der Waals surface area contributed by atoms with Gasteiger partial charge < -0.3 is 21.6 Å². The Kier molecular flexibility index (Phi) is 12.1. The molecule has 1 saturated heterocycles. The fourth-order valence-corrected chi connectivity index (χ4v) is 4.44. The van der Waals surface area contributed by atoms with Crippen LogP contribution in [0.4, 0.5) is 5.13 Å². The van der Waals surface area contributed by atoms with E-state index in [1.54, 1.807) is 0 Å². The molecular weight excluding hydrogens is 552 g/mol. The number of aromatic nitrogens is 1. The van der Waals surface area contributed by atoms with Crippen LogP contribution < -0.4 is 40.2 Å². The summed E-state index contributed by atoms with van der Waals surface area (Å²) in [5, 5.41) is 9.73. The first-order valence-corrected chi connectivity index (χ1v) is 12.1. The summed E-state index contributed by atoms with van der Waals surface area (Å²) in [5.41, 5.74) is -0.402. The molecule has 1 aliphatic heterocycles. The van der Waals surface area contributed by atoms with Crippen molar-refractivity contribution in [2.75, 3.05) is 30.8 Å². The number of hydrogen-bond acceptors (Lipinski definition) is 11. The molecule has 1 aromatic rings. The van der Waals surface area contributed by atoms with E-state index in [2.05, 4.69) is 25.6 Å². The first-order chi connectivity index (χ1) is 15.5. The number of halogens is 2. The van der Waals surface area contributed by atoms with Gasteiger partial charge in [-0.1, -0.05) is 5.16 Å². The Labute approximate surface area is 231 Å². The van der Waals surface area contributed by atoms with Crippen molar-refractivity contribution >= 4 is 79.4 Å². The SMILES string of the molecule is CO/N=C(\C(=O)NC1C(=O)N(S(=O)(=O)O)C1CCOC(=O)CCl)c1csc(NC(=O)CCl)n1.[H-].[Na+]. The first kappa shape index (κ1) is 30.5. The Morgan fingerprint density at radius 2 is 2.03 bits per heavy atom. The van der Waals surface area contributed by atoms with Crippen LogP contribution in [0, 0.1) is 0 Å². The zero-order valence-corrected chi connectivity index (χ0v) is 22.8. The van der Waals surface area contributed by atoms with Crippen molar-refractivity contribution in [2.24, 2.45) is 5.16 Å². The summed E-state index contributed by atoms with van der Waals surface area (Å²) in [6.45, 7) is -0.337. The number of nitrogens with one attached hydrogen (secondary N) is 2. The molecule has 2 rings (SSSR count). The Hall–Kier alpha value is -1.53.